The van der Waals surface area contributed by atoms with E-state index in [0.29, 0.717) is 36.5 Å². The Morgan fingerprint density at radius 1 is 1.31 bits per heavy atom. The van der Waals surface area contributed by atoms with Gasteiger partial charge in [0.2, 0.25) is 11.0 Å². The van der Waals surface area contributed by atoms with E-state index in [1.165, 1.54) is 0 Å². The molecule has 1 aromatic heterocycles. The number of nitrogens with zero attached hydrogens (tertiary/aromatic N) is 4. The van der Waals surface area contributed by atoms with E-state index in [9.17, 15) is 4.79 Å². The second kappa shape index (κ2) is 7.68. The number of amides is 1. The third-order valence-electron chi connectivity index (χ3n) is 5.47. The minimum atomic E-state index is -0.523. The third kappa shape index (κ3) is 4.30. The topological polar surface area (TPSA) is 89.1 Å². The van der Waals surface area contributed by atoms with E-state index < -0.39 is 5.60 Å². The van der Waals surface area contributed by atoms with E-state index in [2.05, 4.69) is 20.2 Å². The summed E-state index contributed by atoms with van der Waals surface area (Å²) in [7, 11) is 1.77. The molecule has 2 atom stereocenters. The van der Waals surface area contributed by atoms with Crippen molar-refractivity contribution in [3.63, 3.8) is 0 Å². The molecule has 10 heteroatoms. The van der Waals surface area contributed by atoms with Crippen molar-refractivity contribution >= 4 is 29.3 Å². The van der Waals surface area contributed by atoms with Crippen molar-refractivity contribution < 1.29 is 19.0 Å². The summed E-state index contributed by atoms with van der Waals surface area (Å²) in [6.07, 6.45) is 0.484. The maximum atomic E-state index is 12.4. The molecule has 2 saturated heterocycles. The van der Waals surface area contributed by atoms with E-state index in [1.807, 2.05) is 20.8 Å². The first-order valence-electron chi connectivity index (χ1n) is 9.96. The van der Waals surface area contributed by atoms with Crippen LogP contribution in [0.25, 0.3) is 0 Å². The molecule has 2 fully saturated rings. The summed E-state index contributed by atoms with van der Waals surface area (Å²) >= 11 is 6.20. The first kappa shape index (κ1) is 20.3. The molecule has 1 aromatic rings. The number of fused-ring (bicyclic) bond motifs is 1. The van der Waals surface area contributed by atoms with Crippen LogP contribution in [0.15, 0.2) is 0 Å². The van der Waals surface area contributed by atoms with Gasteiger partial charge in [0.25, 0.3) is 0 Å². The van der Waals surface area contributed by atoms with E-state index >= 15 is 0 Å². The van der Waals surface area contributed by atoms with Crippen molar-refractivity contribution in [1.82, 2.24) is 14.9 Å². The number of carbonyl (C=O) groups is 1. The van der Waals surface area contributed by atoms with Crippen molar-refractivity contribution in [2.45, 2.75) is 44.9 Å². The van der Waals surface area contributed by atoms with Crippen LogP contribution in [0.5, 0.6) is 5.75 Å². The molecule has 1 N–H and O–H groups in total. The molecule has 0 bridgehead atoms. The number of aromatic nitrogens is 2. The first-order valence-corrected chi connectivity index (χ1v) is 10.3. The molecule has 0 spiro atoms. The molecule has 0 aromatic carbocycles. The van der Waals surface area contributed by atoms with E-state index in [0.717, 1.165) is 26.2 Å². The lowest BCUT2D eigenvalue weighted by Crippen LogP contribution is -2.47. The highest BCUT2D eigenvalue weighted by atomic mass is 35.5. The molecule has 0 saturated carbocycles. The molecular formula is C19H28ClN5O4. The Balaban J connectivity index is 1.47. The predicted octanol–water partition coefficient (Wildman–Crippen LogP) is 2.39. The normalized spacial score (nSPS) is 24.2. The number of hydrogen-bond donors (Lipinski definition) is 1. The Labute approximate surface area is 175 Å². The maximum absolute atomic E-state index is 12.4. The number of nitrogens with one attached hydrogen (secondary N) is 1. The molecule has 4 heterocycles. The smallest absolute Gasteiger partial charge is 0.410 e. The summed E-state index contributed by atoms with van der Waals surface area (Å²) < 4.78 is 16.8. The van der Waals surface area contributed by atoms with Gasteiger partial charge in [-0.05, 0) is 38.8 Å². The molecule has 9 nitrogen and oxygen atoms in total. The van der Waals surface area contributed by atoms with Crippen molar-refractivity contribution in [3.05, 3.63) is 5.28 Å². The summed E-state index contributed by atoms with van der Waals surface area (Å²) in [5.41, 5.74) is -0.523. The highest BCUT2D eigenvalue weighted by Crippen LogP contribution is 2.40. The van der Waals surface area contributed by atoms with Crippen molar-refractivity contribution in [2.75, 3.05) is 50.2 Å². The second-order valence-electron chi connectivity index (χ2n) is 8.83. The van der Waals surface area contributed by atoms with Gasteiger partial charge in [-0.1, -0.05) is 0 Å². The summed E-state index contributed by atoms with van der Waals surface area (Å²) in [4.78, 5) is 24.9. The molecule has 1 amide bonds. The number of hydrogen-bond acceptors (Lipinski definition) is 8. The molecule has 1 unspecified atom stereocenters. The van der Waals surface area contributed by atoms with E-state index in [1.54, 1.807) is 11.9 Å². The van der Waals surface area contributed by atoms with Gasteiger partial charge in [0, 0.05) is 26.1 Å². The highest BCUT2D eigenvalue weighted by molar-refractivity contribution is 6.28. The average Bonchev–Trinajstić information content (AvgIpc) is 3.06. The molecular weight excluding hydrogens is 398 g/mol. The van der Waals surface area contributed by atoms with Crippen molar-refractivity contribution in [3.8, 4) is 5.75 Å². The fraction of sp³-hybridized carbons (Fsp3) is 0.737. The summed E-state index contributed by atoms with van der Waals surface area (Å²) in [5.74, 6) is 2.31. The number of ether oxygens (including phenoxy) is 3. The van der Waals surface area contributed by atoms with Gasteiger partial charge >= 0.3 is 6.09 Å². The lowest BCUT2D eigenvalue weighted by atomic mass is 9.98. The molecule has 29 heavy (non-hydrogen) atoms. The molecule has 160 valence electrons. The second-order valence-corrected chi connectivity index (χ2v) is 9.17. The van der Waals surface area contributed by atoms with Crippen LogP contribution in [0.2, 0.25) is 5.28 Å². The fourth-order valence-electron chi connectivity index (χ4n) is 3.72. The van der Waals surface area contributed by atoms with Crippen LogP contribution in [-0.4, -0.2) is 78.6 Å². The highest BCUT2D eigenvalue weighted by Gasteiger charge is 2.37. The van der Waals surface area contributed by atoms with Crippen LogP contribution in [-0.2, 0) is 9.47 Å². The zero-order chi connectivity index (χ0) is 20.8. The summed E-state index contributed by atoms with van der Waals surface area (Å²) in [5, 5.41) is 3.60. The predicted molar refractivity (Wildman–Crippen MR) is 109 cm³/mol. The largest absolute Gasteiger partial charge is 0.484 e. The molecule has 3 aliphatic rings. The SMILES string of the molecule is CN(C(=O)OC(C)(C)C)[C@@H]1CCN(c2nc(Cl)nc3c2OCC(C2COC2)N3)C1. The van der Waals surface area contributed by atoms with Gasteiger partial charge in [-0.2, -0.15) is 9.97 Å². The molecule has 4 rings (SSSR count). The number of likely N-dealkylation sites (N-methyl/N-ethyl adjacent to an activating group) is 1. The van der Waals surface area contributed by atoms with Crippen LogP contribution in [0.1, 0.15) is 27.2 Å². The Morgan fingerprint density at radius 3 is 2.72 bits per heavy atom. The number of halogens is 1. The van der Waals surface area contributed by atoms with Gasteiger partial charge < -0.3 is 29.3 Å². The standard InChI is InChI=1S/C19H28ClN5O4/c1-19(2,3)29-18(26)24(4)12-5-6-25(7-12)16-14-15(22-17(20)23-16)21-13(10-28-14)11-8-27-9-11/h11-13H,5-10H2,1-4H3,(H,21,22,23)/t12-,13?/m1/s1. The minimum Gasteiger partial charge on any atom is -0.484 e. The van der Waals surface area contributed by atoms with Gasteiger partial charge in [0.15, 0.2) is 11.6 Å². The third-order valence-corrected chi connectivity index (χ3v) is 5.64. The van der Waals surface area contributed by atoms with Crippen molar-refractivity contribution in [2.24, 2.45) is 5.92 Å². The average molecular weight is 426 g/mol. The lowest BCUT2D eigenvalue weighted by Gasteiger charge is -2.37. The molecule has 0 aliphatic carbocycles. The van der Waals surface area contributed by atoms with E-state index in [-0.39, 0.29) is 23.5 Å². The van der Waals surface area contributed by atoms with Gasteiger partial charge in [0.1, 0.15) is 12.2 Å². The van der Waals surface area contributed by atoms with Crippen molar-refractivity contribution in [1.29, 1.82) is 0 Å². The van der Waals surface area contributed by atoms with Crippen LogP contribution >= 0.6 is 11.6 Å². The number of anilines is 2. The quantitative estimate of drug-likeness (QED) is 0.738. The van der Waals surface area contributed by atoms with Gasteiger partial charge in [-0.25, -0.2) is 4.79 Å². The Morgan fingerprint density at radius 2 is 2.07 bits per heavy atom. The van der Waals surface area contributed by atoms with Gasteiger partial charge in [-0.3, -0.25) is 0 Å². The van der Waals surface area contributed by atoms with Crippen LogP contribution in [0.3, 0.4) is 0 Å². The monoisotopic (exact) mass is 425 g/mol. The molecule has 0 radical (unpaired) electrons. The first-order chi connectivity index (χ1) is 13.7. The maximum Gasteiger partial charge on any atom is 0.410 e. The van der Waals surface area contributed by atoms with Crippen LogP contribution in [0, 0.1) is 5.92 Å². The summed E-state index contributed by atoms with van der Waals surface area (Å²) in [6, 6.07) is 0.172. The molecule has 3 aliphatic heterocycles. The minimum absolute atomic E-state index is 0.0191. The number of carbonyl (C=O) groups excluding carboxylic acids is 1. The van der Waals surface area contributed by atoms with E-state index in [4.69, 9.17) is 25.8 Å². The van der Waals surface area contributed by atoms with Crippen LogP contribution < -0.4 is 15.0 Å². The lowest BCUT2D eigenvalue weighted by molar-refractivity contribution is -0.0471. The fourth-order valence-corrected chi connectivity index (χ4v) is 3.89. The summed E-state index contributed by atoms with van der Waals surface area (Å²) in [6.45, 7) is 8.94. The Bertz CT molecular complexity index is 783. The zero-order valence-corrected chi connectivity index (χ0v) is 18.0. The number of rotatable bonds is 3. The van der Waals surface area contributed by atoms with Gasteiger partial charge in [-0.15, -0.1) is 0 Å². The van der Waals surface area contributed by atoms with Crippen LogP contribution in [0.4, 0.5) is 16.4 Å². The Hall–Kier alpha value is -2.00. The zero-order valence-electron chi connectivity index (χ0n) is 17.3. The van der Waals surface area contributed by atoms with Gasteiger partial charge in [0.05, 0.1) is 25.3 Å². The Kier molecular flexibility index (Phi) is 5.37.